The maximum Gasteiger partial charge on any atom is 0.324 e. The van der Waals surface area contributed by atoms with Crippen molar-refractivity contribution in [2.45, 2.75) is 0 Å². The average Bonchev–Trinajstić information content (AvgIpc) is 2.47. The Morgan fingerprint density at radius 2 is 1.90 bits per heavy atom. The van der Waals surface area contributed by atoms with E-state index in [0.29, 0.717) is 17.0 Å². The first-order valence-electron chi connectivity index (χ1n) is 6.13. The maximum absolute atomic E-state index is 12.0. The summed E-state index contributed by atoms with van der Waals surface area (Å²) >= 11 is 2.09. The van der Waals surface area contributed by atoms with E-state index >= 15 is 0 Å². The minimum atomic E-state index is -0.373. The summed E-state index contributed by atoms with van der Waals surface area (Å²) in [7, 11) is 0. The fourth-order valence-corrected chi connectivity index (χ4v) is 2.30. The van der Waals surface area contributed by atoms with Crippen LogP contribution >= 0.6 is 22.6 Å². The van der Waals surface area contributed by atoms with Crippen LogP contribution in [-0.2, 0) is 0 Å². The van der Waals surface area contributed by atoms with Crippen molar-refractivity contribution in [1.29, 1.82) is 0 Å². The van der Waals surface area contributed by atoms with Crippen LogP contribution in [0.4, 0.5) is 16.3 Å². The van der Waals surface area contributed by atoms with Crippen molar-refractivity contribution in [3.8, 4) is 0 Å². The van der Waals surface area contributed by atoms with Crippen LogP contribution in [0.15, 0.2) is 48.8 Å². The lowest BCUT2D eigenvalue weighted by atomic mass is 10.3. The third kappa shape index (κ3) is 3.24. The monoisotopic (exact) mass is 391 g/mol. The van der Waals surface area contributed by atoms with Crippen molar-refractivity contribution in [3.05, 3.63) is 52.5 Å². The number of amides is 2. The maximum atomic E-state index is 12.0. The number of fused-ring (bicyclic) bond motifs is 1. The molecule has 0 saturated carbocycles. The van der Waals surface area contributed by atoms with E-state index in [0.717, 1.165) is 9.22 Å². The zero-order valence-electron chi connectivity index (χ0n) is 10.7. The normalized spacial score (nSPS) is 10.3. The summed E-state index contributed by atoms with van der Waals surface area (Å²) in [4.78, 5) is 24.7. The highest BCUT2D eigenvalue weighted by atomic mass is 127. The van der Waals surface area contributed by atoms with Gasteiger partial charge in [0.05, 0.1) is 11.2 Å². The van der Waals surface area contributed by atoms with Crippen molar-refractivity contribution >= 4 is 51.2 Å². The molecule has 2 amide bonds. The Labute approximate surface area is 134 Å². The number of rotatable bonds is 2. The molecule has 0 atom stereocenters. The van der Waals surface area contributed by atoms with Gasteiger partial charge in [0.15, 0.2) is 0 Å². The molecule has 104 valence electrons. The summed E-state index contributed by atoms with van der Waals surface area (Å²) < 4.78 is 0.807. The molecule has 0 radical (unpaired) electrons. The largest absolute Gasteiger partial charge is 0.324 e. The molecular weight excluding hydrogens is 381 g/mol. The topological polar surface area (TPSA) is 79.8 Å². The van der Waals surface area contributed by atoms with Crippen molar-refractivity contribution < 1.29 is 4.79 Å². The number of urea groups is 1. The fourth-order valence-electron chi connectivity index (χ4n) is 1.83. The Morgan fingerprint density at radius 1 is 1.00 bits per heavy atom. The molecule has 3 aromatic heterocycles. The van der Waals surface area contributed by atoms with E-state index in [1.165, 1.54) is 0 Å². The van der Waals surface area contributed by atoms with Gasteiger partial charge >= 0.3 is 6.03 Å². The number of anilines is 2. The Bertz CT molecular complexity index is 803. The molecule has 21 heavy (non-hydrogen) atoms. The highest BCUT2D eigenvalue weighted by Gasteiger charge is 2.07. The van der Waals surface area contributed by atoms with E-state index in [-0.39, 0.29) is 6.03 Å². The first-order chi connectivity index (χ1) is 10.2. The standard InChI is InChI=1S/C14H10IN5O/c15-11-4-1-5-12(19-11)20-14(21)18-10-6-8-16-9-3-2-7-17-13(9)10/h1-8H,(H2,16,18,19,20,21). The number of hydrogen-bond donors (Lipinski definition) is 2. The molecule has 0 aromatic carbocycles. The molecule has 3 rings (SSSR count). The lowest BCUT2D eigenvalue weighted by molar-refractivity contribution is 0.262. The Morgan fingerprint density at radius 3 is 2.76 bits per heavy atom. The average molecular weight is 391 g/mol. The highest BCUT2D eigenvalue weighted by Crippen LogP contribution is 2.18. The van der Waals surface area contributed by atoms with Crippen LogP contribution in [0.1, 0.15) is 0 Å². The van der Waals surface area contributed by atoms with Crippen molar-refractivity contribution in [2.24, 2.45) is 0 Å². The van der Waals surface area contributed by atoms with E-state index in [9.17, 15) is 4.79 Å². The van der Waals surface area contributed by atoms with Crippen LogP contribution in [0.3, 0.4) is 0 Å². The number of aromatic nitrogens is 3. The van der Waals surface area contributed by atoms with Crippen LogP contribution in [0.2, 0.25) is 0 Å². The molecular formula is C14H10IN5O. The summed E-state index contributed by atoms with van der Waals surface area (Å²) in [6.07, 6.45) is 3.29. The van der Waals surface area contributed by atoms with Gasteiger partial charge in [0.2, 0.25) is 0 Å². The molecule has 6 nitrogen and oxygen atoms in total. The van der Waals surface area contributed by atoms with Crippen LogP contribution in [0, 0.1) is 3.70 Å². The van der Waals surface area contributed by atoms with E-state index in [1.54, 1.807) is 30.6 Å². The van der Waals surface area contributed by atoms with Gasteiger partial charge in [-0.25, -0.2) is 9.78 Å². The second-order valence-electron chi connectivity index (χ2n) is 4.15. The number of halogens is 1. The molecule has 0 bridgehead atoms. The number of carbonyl (C=O) groups is 1. The Hall–Kier alpha value is -2.29. The van der Waals surface area contributed by atoms with Gasteiger partial charge in [-0.2, -0.15) is 0 Å². The molecule has 0 aliphatic heterocycles. The third-order valence-corrected chi connectivity index (χ3v) is 3.30. The second-order valence-corrected chi connectivity index (χ2v) is 5.26. The molecule has 0 fully saturated rings. The summed E-state index contributed by atoms with van der Waals surface area (Å²) in [5.74, 6) is 0.491. The van der Waals surface area contributed by atoms with Gasteiger partial charge in [-0.15, -0.1) is 0 Å². The Kier molecular flexibility index (Phi) is 3.91. The zero-order chi connectivity index (χ0) is 14.7. The molecule has 7 heteroatoms. The second kappa shape index (κ2) is 6.00. The van der Waals surface area contributed by atoms with Gasteiger partial charge in [-0.1, -0.05) is 6.07 Å². The summed E-state index contributed by atoms with van der Waals surface area (Å²) in [6, 6.07) is 10.4. The molecule has 0 saturated heterocycles. The van der Waals surface area contributed by atoms with Crippen LogP contribution in [0.25, 0.3) is 11.0 Å². The zero-order valence-corrected chi connectivity index (χ0v) is 12.9. The number of pyridine rings is 3. The third-order valence-electron chi connectivity index (χ3n) is 2.70. The van der Waals surface area contributed by atoms with E-state index in [2.05, 4.69) is 48.2 Å². The molecule has 3 heterocycles. The van der Waals surface area contributed by atoms with Crippen molar-refractivity contribution in [1.82, 2.24) is 15.0 Å². The van der Waals surface area contributed by atoms with Crippen molar-refractivity contribution in [2.75, 3.05) is 10.6 Å². The predicted octanol–water partition coefficient (Wildman–Crippen LogP) is 3.27. The van der Waals surface area contributed by atoms with E-state index in [1.807, 2.05) is 18.2 Å². The van der Waals surface area contributed by atoms with Gasteiger partial charge in [-0.05, 0) is 52.9 Å². The smallest absolute Gasteiger partial charge is 0.305 e. The first kappa shape index (κ1) is 13.7. The van der Waals surface area contributed by atoms with Crippen LogP contribution in [-0.4, -0.2) is 21.0 Å². The van der Waals surface area contributed by atoms with Gasteiger partial charge in [0.1, 0.15) is 15.0 Å². The molecule has 0 aliphatic rings. The minimum Gasteiger partial charge on any atom is -0.305 e. The quantitative estimate of drug-likeness (QED) is 0.519. The van der Waals surface area contributed by atoms with Gasteiger partial charge in [0.25, 0.3) is 0 Å². The number of nitrogens with one attached hydrogen (secondary N) is 2. The highest BCUT2D eigenvalue weighted by molar-refractivity contribution is 14.1. The van der Waals surface area contributed by atoms with Gasteiger partial charge in [-0.3, -0.25) is 15.3 Å². The lowest BCUT2D eigenvalue weighted by Gasteiger charge is -2.08. The molecule has 0 spiro atoms. The van der Waals surface area contributed by atoms with E-state index < -0.39 is 0 Å². The fraction of sp³-hybridized carbons (Fsp3) is 0. The van der Waals surface area contributed by atoms with Crippen LogP contribution < -0.4 is 10.6 Å². The number of carbonyl (C=O) groups excluding carboxylic acids is 1. The molecule has 3 aromatic rings. The summed E-state index contributed by atoms with van der Waals surface area (Å²) in [5, 5.41) is 5.44. The SMILES string of the molecule is O=C(Nc1cccc(I)n1)Nc1ccnc2cccnc12. The minimum absolute atomic E-state index is 0.373. The van der Waals surface area contributed by atoms with Gasteiger partial charge < -0.3 is 5.32 Å². The van der Waals surface area contributed by atoms with E-state index in [4.69, 9.17) is 0 Å². The van der Waals surface area contributed by atoms with Crippen LogP contribution in [0.5, 0.6) is 0 Å². The molecule has 0 aliphatic carbocycles. The summed E-state index contributed by atoms with van der Waals surface area (Å²) in [5.41, 5.74) is 1.97. The van der Waals surface area contributed by atoms with Gasteiger partial charge in [0, 0.05) is 12.4 Å². The first-order valence-corrected chi connectivity index (χ1v) is 7.20. The molecule has 0 unspecified atom stereocenters. The summed E-state index contributed by atoms with van der Waals surface area (Å²) in [6.45, 7) is 0. The number of nitrogens with zero attached hydrogens (tertiary/aromatic N) is 3. The van der Waals surface area contributed by atoms with Crippen molar-refractivity contribution in [3.63, 3.8) is 0 Å². The lowest BCUT2D eigenvalue weighted by Crippen LogP contribution is -2.20. The number of hydrogen-bond acceptors (Lipinski definition) is 4. The Balaban J connectivity index is 1.80. The molecule has 2 N–H and O–H groups in total. The predicted molar refractivity (Wildman–Crippen MR) is 89.1 cm³/mol.